The zero-order valence-electron chi connectivity index (χ0n) is 8.72. The van der Waals surface area contributed by atoms with E-state index in [9.17, 15) is 4.79 Å². The molecule has 1 atom stereocenters. The monoisotopic (exact) mass is 315 g/mol. The van der Waals surface area contributed by atoms with E-state index in [0.717, 1.165) is 0 Å². The lowest BCUT2D eigenvalue weighted by molar-refractivity contribution is 0.0949. The van der Waals surface area contributed by atoms with Crippen LogP contribution in [0.1, 0.15) is 10.4 Å². The van der Waals surface area contributed by atoms with Crippen molar-refractivity contribution in [3.8, 4) is 5.75 Å². The van der Waals surface area contributed by atoms with Gasteiger partial charge in [-0.05, 0) is 24.3 Å². The summed E-state index contributed by atoms with van der Waals surface area (Å²) in [5.41, 5.74) is -0.715. The largest absolute Gasteiger partial charge is 0.497 e. The Kier molecular flexibility index (Phi) is 5.20. The maximum absolute atomic E-state index is 11.7. The Morgan fingerprint density at radius 2 is 1.82 bits per heavy atom. The zero-order chi connectivity index (χ0) is 13.1. The number of benzene rings is 1. The molecular formula is C10H9Cl4NO2. The number of nitrogens with one attached hydrogen (secondary N) is 1. The van der Waals surface area contributed by atoms with Crippen LogP contribution in [-0.4, -0.2) is 22.3 Å². The smallest absolute Gasteiger partial charge is 0.252 e. The molecule has 7 heteroatoms. The molecule has 0 saturated carbocycles. The van der Waals surface area contributed by atoms with Crippen LogP contribution >= 0.6 is 46.4 Å². The van der Waals surface area contributed by atoms with Crippen molar-refractivity contribution in [2.75, 3.05) is 7.11 Å². The average Bonchev–Trinajstić information content (AvgIpc) is 2.27. The van der Waals surface area contributed by atoms with Crippen LogP contribution in [0.3, 0.4) is 0 Å². The fraction of sp³-hybridized carbons (Fsp3) is 0.300. The third-order valence-electron chi connectivity index (χ3n) is 1.90. The van der Waals surface area contributed by atoms with E-state index in [-0.39, 0.29) is 0 Å². The molecule has 0 aliphatic heterocycles. The van der Waals surface area contributed by atoms with Crippen LogP contribution in [-0.2, 0) is 0 Å². The molecule has 0 saturated heterocycles. The van der Waals surface area contributed by atoms with Crippen LogP contribution in [0.5, 0.6) is 5.75 Å². The standard InChI is InChI=1S/C10H9Cl4NO2/c1-17-7-4-2-6(3-5-7)8(16)15-9(11)10(12,13)14/h2-5,9H,1H3,(H,15,16)/t9-/m1/s1. The van der Waals surface area contributed by atoms with Crippen LogP contribution in [0.15, 0.2) is 24.3 Å². The molecule has 0 heterocycles. The first-order valence-electron chi connectivity index (χ1n) is 4.50. The fourth-order valence-electron chi connectivity index (χ4n) is 1.02. The zero-order valence-corrected chi connectivity index (χ0v) is 11.7. The van der Waals surface area contributed by atoms with Crippen molar-refractivity contribution in [2.45, 2.75) is 9.29 Å². The van der Waals surface area contributed by atoms with E-state index in [2.05, 4.69) is 5.32 Å². The van der Waals surface area contributed by atoms with Crippen molar-refractivity contribution in [1.82, 2.24) is 5.32 Å². The second-order valence-electron chi connectivity index (χ2n) is 3.11. The molecule has 1 aromatic carbocycles. The summed E-state index contributed by atoms with van der Waals surface area (Å²) in [6, 6.07) is 6.45. The van der Waals surface area contributed by atoms with Gasteiger partial charge in [-0.2, -0.15) is 0 Å². The van der Waals surface area contributed by atoms with Crippen LogP contribution < -0.4 is 10.1 Å². The lowest BCUT2D eigenvalue weighted by Crippen LogP contribution is -2.39. The first-order chi connectivity index (χ1) is 7.84. The van der Waals surface area contributed by atoms with Crippen LogP contribution in [0.2, 0.25) is 0 Å². The number of methoxy groups -OCH3 is 1. The summed E-state index contributed by atoms with van der Waals surface area (Å²) in [6.45, 7) is 0. The molecule has 0 bridgehead atoms. The van der Waals surface area contributed by atoms with Gasteiger partial charge in [-0.1, -0.05) is 46.4 Å². The lowest BCUT2D eigenvalue weighted by Gasteiger charge is -2.19. The lowest BCUT2D eigenvalue weighted by atomic mass is 10.2. The van der Waals surface area contributed by atoms with Gasteiger partial charge in [0.15, 0.2) is 5.50 Å². The van der Waals surface area contributed by atoms with Gasteiger partial charge in [0.05, 0.1) is 7.11 Å². The Morgan fingerprint density at radius 1 is 1.29 bits per heavy atom. The van der Waals surface area contributed by atoms with Gasteiger partial charge < -0.3 is 10.1 Å². The summed E-state index contributed by atoms with van der Waals surface area (Å²) in [5.74, 6) is 0.212. The molecule has 1 N–H and O–H groups in total. The molecule has 0 aromatic heterocycles. The number of hydrogen-bond acceptors (Lipinski definition) is 2. The predicted molar refractivity (Wildman–Crippen MR) is 70.4 cm³/mol. The minimum Gasteiger partial charge on any atom is -0.497 e. The van der Waals surface area contributed by atoms with Crippen LogP contribution in [0.25, 0.3) is 0 Å². The van der Waals surface area contributed by atoms with Gasteiger partial charge in [-0.25, -0.2) is 0 Å². The number of carbonyl (C=O) groups is 1. The Labute approximate surface area is 119 Å². The van der Waals surface area contributed by atoms with Gasteiger partial charge in [0, 0.05) is 5.56 Å². The number of rotatable bonds is 3. The molecule has 0 fully saturated rings. The van der Waals surface area contributed by atoms with E-state index in [1.165, 1.54) is 7.11 Å². The number of hydrogen-bond donors (Lipinski definition) is 1. The third kappa shape index (κ3) is 4.43. The van der Waals surface area contributed by atoms with E-state index in [1.54, 1.807) is 24.3 Å². The van der Waals surface area contributed by atoms with E-state index in [1.807, 2.05) is 0 Å². The van der Waals surface area contributed by atoms with Gasteiger partial charge in [-0.3, -0.25) is 4.79 Å². The molecule has 0 aliphatic rings. The van der Waals surface area contributed by atoms with Crippen molar-refractivity contribution in [3.63, 3.8) is 0 Å². The molecular weight excluding hydrogens is 308 g/mol. The highest BCUT2D eigenvalue weighted by atomic mass is 35.6. The molecule has 0 spiro atoms. The number of amides is 1. The van der Waals surface area contributed by atoms with Crippen molar-refractivity contribution < 1.29 is 9.53 Å². The Hall–Kier alpha value is -0.350. The van der Waals surface area contributed by atoms with Gasteiger partial charge in [0.25, 0.3) is 5.91 Å². The minimum atomic E-state index is -1.76. The fourth-order valence-corrected chi connectivity index (χ4v) is 1.29. The molecule has 1 aromatic rings. The minimum absolute atomic E-state index is 0.394. The van der Waals surface area contributed by atoms with E-state index < -0.39 is 15.2 Å². The first-order valence-corrected chi connectivity index (χ1v) is 6.07. The quantitative estimate of drug-likeness (QED) is 0.686. The third-order valence-corrected chi connectivity index (χ3v) is 3.32. The summed E-state index contributed by atoms with van der Waals surface area (Å²) in [6.07, 6.45) is 0. The average molecular weight is 317 g/mol. The maximum atomic E-state index is 11.7. The molecule has 0 aliphatic carbocycles. The molecule has 0 radical (unpaired) electrons. The number of ether oxygens (including phenoxy) is 1. The maximum Gasteiger partial charge on any atom is 0.252 e. The summed E-state index contributed by atoms with van der Waals surface area (Å²) in [7, 11) is 1.53. The molecule has 17 heavy (non-hydrogen) atoms. The topological polar surface area (TPSA) is 38.3 Å². The van der Waals surface area contributed by atoms with Crippen molar-refractivity contribution in [1.29, 1.82) is 0 Å². The van der Waals surface area contributed by atoms with Crippen molar-refractivity contribution in [2.24, 2.45) is 0 Å². The first kappa shape index (κ1) is 14.7. The number of alkyl halides is 4. The van der Waals surface area contributed by atoms with Crippen LogP contribution in [0, 0.1) is 0 Å². The molecule has 1 rings (SSSR count). The summed E-state index contributed by atoms with van der Waals surface area (Å²) >= 11 is 22.3. The van der Waals surface area contributed by atoms with Gasteiger partial charge in [-0.15, -0.1) is 0 Å². The SMILES string of the molecule is COc1ccc(C(=O)N[C@@H](Cl)C(Cl)(Cl)Cl)cc1. The highest BCUT2D eigenvalue weighted by molar-refractivity contribution is 6.70. The Balaban J connectivity index is 2.70. The predicted octanol–water partition coefficient (Wildman–Crippen LogP) is 3.36. The Bertz CT molecular complexity index is 388. The van der Waals surface area contributed by atoms with E-state index >= 15 is 0 Å². The summed E-state index contributed by atoms with van der Waals surface area (Å²) < 4.78 is 3.20. The van der Waals surface area contributed by atoms with Crippen LogP contribution in [0.4, 0.5) is 0 Å². The van der Waals surface area contributed by atoms with Gasteiger partial charge in [0.2, 0.25) is 3.79 Å². The van der Waals surface area contributed by atoms with E-state index in [4.69, 9.17) is 51.1 Å². The normalized spacial score (nSPS) is 13.0. The summed E-state index contributed by atoms with van der Waals surface area (Å²) in [4.78, 5) is 11.7. The van der Waals surface area contributed by atoms with Gasteiger partial charge in [0.1, 0.15) is 5.75 Å². The highest BCUT2D eigenvalue weighted by Gasteiger charge is 2.32. The second kappa shape index (κ2) is 6.01. The molecule has 1 amide bonds. The summed E-state index contributed by atoms with van der Waals surface area (Å²) in [5, 5.41) is 2.36. The molecule has 94 valence electrons. The molecule has 0 unspecified atom stereocenters. The van der Waals surface area contributed by atoms with Crippen molar-refractivity contribution >= 4 is 52.3 Å². The highest BCUT2D eigenvalue weighted by Crippen LogP contribution is 2.32. The van der Waals surface area contributed by atoms with E-state index in [0.29, 0.717) is 11.3 Å². The number of halogens is 4. The van der Waals surface area contributed by atoms with Gasteiger partial charge >= 0.3 is 0 Å². The van der Waals surface area contributed by atoms with Crippen molar-refractivity contribution in [3.05, 3.63) is 29.8 Å². The Morgan fingerprint density at radius 3 is 2.24 bits per heavy atom. The second-order valence-corrected chi connectivity index (χ2v) is 5.91. The number of carbonyl (C=O) groups excluding carboxylic acids is 1. The molecule has 3 nitrogen and oxygen atoms in total.